The Balaban J connectivity index is 1.96. The molecule has 2 atom stereocenters. The van der Waals surface area contributed by atoms with Crippen LogP contribution in [0.25, 0.3) is 0 Å². The maximum Gasteiger partial charge on any atom is 0.161 e. The van der Waals surface area contributed by atoms with E-state index < -0.39 is 0 Å². The van der Waals surface area contributed by atoms with Crippen LogP contribution in [-0.4, -0.2) is 5.78 Å². The first-order chi connectivity index (χ1) is 7.77. The van der Waals surface area contributed by atoms with Gasteiger partial charge in [0, 0.05) is 5.92 Å². The van der Waals surface area contributed by atoms with Crippen LogP contribution >= 0.6 is 0 Å². The Morgan fingerprint density at radius 3 is 2.75 bits per heavy atom. The average molecular weight is 220 g/mol. The van der Waals surface area contributed by atoms with Gasteiger partial charge in [0.2, 0.25) is 0 Å². The van der Waals surface area contributed by atoms with Crippen LogP contribution in [0, 0.1) is 11.8 Å². The molecule has 16 heavy (non-hydrogen) atoms. The predicted octanol–water partition coefficient (Wildman–Crippen LogP) is 4.27. The number of ketones is 1. The molecular formula is C15H24O. The Labute approximate surface area is 99.3 Å². The molecule has 0 amide bonds. The lowest BCUT2D eigenvalue weighted by Gasteiger charge is -2.14. The van der Waals surface area contributed by atoms with Crippen molar-refractivity contribution in [1.82, 2.24) is 0 Å². The first-order valence-electron chi connectivity index (χ1n) is 7.00. The predicted molar refractivity (Wildman–Crippen MR) is 67.3 cm³/mol. The van der Waals surface area contributed by atoms with Crippen molar-refractivity contribution in [2.75, 3.05) is 0 Å². The minimum atomic E-state index is 0.362. The molecule has 2 aliphatic rings. The fourth-order valence-corrected chi connectivity index (χ4v) is 3.12. The number of rotatable bonds is 2. The quantitative estimate of drug-likeness (QED) is 0.679. The zero-order chi connectivity index (χ0) is 11.4. The van der Waals surface area contributed by atoms with Crippen molar-refractivity contribution in [3.05, 3.63) is 11.6 Å². The second-order valence-electron chi connectivity index (χ2n) is 5.66. The number of Topliss-reactive ketones (excluding diaryl/α,β-unsaturated/α-hetero) is 1. The summed E-state index contributed by atoms with van der Waals surface area (Å²) in [5.41, 5.74) is 1.17. The normalized spacial score (nSPS) is 31.7. The summed E-state index contributed by atoms with van der Waals surface area (Å²) >= 11 is 0. The molecule has 0 radical (unpaired) electrons. The lowest BCUT2D eigenvalue weighted by Crippen LogP contribution is -2.14. The van der Waals surface area contributed by atoms with Gasteiger partial charge in [0.15, 0.2) is 5.78 Å². The van der Waals surface area contributed by atoms with Gasteiger partial charge in [-0.05, 0) is 56.4 Å². The highest BCUT2D eigenvalue weighted by molar-refractivity contribution is 5.97. The lowest BCUT2D eigenvalue weighted by molar-refractivity contribution is -0.119. The second-order valence-corrected chi connectivity index (χ2v) is 5.66. The standard InChI is InChI=1S/C15H24O/c1-12-9-10-14(11-12)15(16)13-7-5-3-2-4-6-8-13/h7,12,14H,2-6,8-11H2,1H3. The van der Waals surface area contributed by atoms with Gasteiger partial charge < -0.3 is 0 Å². The van der Waals surface area contributed by atoms with E-state index in [0.717, 1.165) is 31.6 Å². The second kappa shape index (κ2) is 5.65. The Bertz CT molecular complexity index is 277. The molecule has 2 unspecified atom stereocenters. The zero-order valence-electron chi connectivity index (χ0n) is 10.5. The van der Waals surface area contributed by atoms with E-state index in [2.05, 4.69) is 13.0 Å². The molecule has 0 saturated heterocycles. The molecule has 0 heterocycles. The molecule has 0 bridgehead atoms. The first kappa shape index (κ1) is 11.9. The highest BCUT2D eigenvalue weighted by atomic mass is 16.1. The molecule has 0 N–H and O–H groups in total. The molecule has 0 aromatic carbocycles. The fourth-order valence-electron chi connectivity index (χ4n) is 3.12. The van der Waals surface area contributed by atoms with Crippen LogP contribution in [-0.2, 0) is 4.79 Å². The number of carbonyl (C=O) groups is 1. The summed E-state index contributed by atoms with van der Waals surface area (Å²) in [5, 5.41) is 0. The molecule has 0 aromatic rings. The van der Waals surface area contributed by atoms with Crippen molar-refractivity contribution in [3.63, 3.8) is 0 Å². The van der Waals surface area contributed by atoms with Crippen LogP contribution in [0.3, 0.4) is 0 Å². The van der Waals surface area contributed by atoms with Crippen LogP contribution < -0.4 is 0 Å². The summed E-state index contributed by atoms with van der Waals surface area (Å²) in [4.78, 5) is 12.3. The number of hydrogen-bond acceptors (Lipinski definition) is 1. The van der Waals surface area contributed by atoms with Gasteiger partial charge in [-0.3, -0.25) is 4.79 Å². The van der Waals surface area contributed by atoms with Crippen LogP contribution in [0.5, 0.6) is 0 Å². The molecule has 0 spiro atoms. The molecule has 1 heteroatoms. The molecule has 1 nitrogen and oxygen atoms in total. The molecule has 2 rings (SSSR count). The van der Waals surface area contributed by atoms with Crippen molar-refractivity contribution >= 4 is 5.78 Å². The van der Waals surface area contributed by atoms with E-state index >= 15 is 0 Å². The summed E-state index contributed by atoms with van der Waals surface area (Å²) < 4.78 is 0. The number of allylic oxidation sites excluding steroid dienone is 2. The monoisotopic (exact) mass is 220 g/mol. The van der Waals surface area contributed by atoms with Crippen molar-refractivity contribution in [2.45, 2.75) is 64.7 Å². The van der Waals surface area contributed by atoms with E-state index in [-0.39, 0.29) is 0 Å². The molecule has 2 aliphatic carbocycles. The lowest BCUT2D eigenvalue weighted by atomic mass is 9.90. The highest BCUT2D eigenvalue weighted by Gasteiger charge is 2.28. The largest absolute Gasteiger partial charge is 0.294 e. The zero-order valence-corrected chi connectivity index (χ0v) is 10.5. The van der Waals surface area contributed by atoms with Crippen LogP contribution in [0.15, 0.2) is 11.6 Å². The van der Waals surface area contributed by atoms with E-state index in [1.54, 1.807) is 0 Å². The van der Waals surface area contributed by atoms with Crippen molar-refractivity contribution in [3.8, 4) is 0 Å². The van der Waals surface area contributed by atoms with Crippen LogP contribution in [0.4, 0.5) is 0 Å². The number of hydrogen-bond donors (Lipinski definition) is 0. The van der Waals surface area contributed by atoms with Gasteiger partial charge in [-0.2, -0.15) is 0 Å². The smallest absolute Gasteiger partial charge is 0.161 e. The third kappa shape index (κ3) is 2.96. The summed E-state index contributed by atoms with van der Waals surface area (Å²) in [6, 6.07) is 0. The van der Waals surface area contributed by atoms with E-state index in [9.17, 15) is 4.79 Å². The number of carbonyl (C=O) groups excluding carboxylic acids is 1. The Morgan fingerprint density at radius 2 is 2.00 bits per heavy atom. The fraction of sp³-hybridized carbons (Fsp3) is 0.800. The summed E-state index contributed by atoms with van der Waals surface area (Å²) in [6.07, 6.45) is 13.1. The molecule has 90 valence electrons. The summed E-state index contributed by atoms with van der Waals surface area (Å²) in [5.74, 6) is 1.62. The van der Waals surface area contributed by atoms with E-state index in [1.165, 1.54) is 37.7 Å². The van der Waals surface area contributed by atoms with E-state index in [0.29, 0.717) is 11.7 Å². The minimum Gasteiger partial charge on any atom is -0.294 e. The SMILES string of the molecule is CC1CCC(C(=O)C2=CCCCCCC2)C1. The average Bonchev–Trinajstić information content (AvgIpc) is 2.63. The molecule has 1 saturated carbocycles. The third-order valence-corrected chi connectivity index (χ3v) is 4.17. The Kier molecular flexibility index (Phi) is 4.20. The van der Waals surface area contributed by atoms with Crippen molar-refractivity contribution in [2.24, 2.45) is 11.8 Å². The maximum atomic E-state index is 12.3. The van der Waals surface area contributed by atoms with Crippen molar-refractivity contribution in [1.29, 1.82) is 0 Å². The molecule has 0 aliphatic heterocycles. The van der Waals surface area contributed by atoms with Gasteiger partial charge in [-0.25, -0.2) is 0 Å². The van der Waals surface area contributed by atoms with E-state index in [1.807, 2.05) is 0 Å². The summed E-state index contributed by atoms with van der Waals surface area (Å²) in [7, 11) is 0. The van der Waals surface area contributed by atoms with Gasteiger partial charge in [0.05, 0.1) is 0 Å². The minimum absolute atomic E-state index is 0.362. The third-order valence-electron chi connectivity index (χ3n) is 4.17. The Morgan fingerprint density at radius 1 is 1.19 bits per heavy atom. The molecular weight excluding hydrogens is 196 g/mol. The van der Waals surface area contributed by atoms with Crippen LogP contribution in [0.1, 0.15) is 64.7 Å². The molecule has 1 fully saturated rings. The molecule has 0 aromatic heterocycles. The van der Waals surface area contributed by atoms with E-state index in [4.69, 9.17) is 0 Å². The van der Waals surface area contributed by atoms with Gasteiger partial charge in [-0.15, -0.1) is 0 Å². The first-order valence-corrected chi connectivity index (χ1v) is 7.00. The van der Waals surface area contributed by atoms with Crippen LogP contribution in [0.2, 0.25) is 0 Å². The summed E-state index contributed by atoms with van der Waals surface area (Å²) in [6.45, 7) is 2.28. The van der Waals surface area contributed by atoms with Crippen molar-refractivity contribution < 1.29 is 4.79 Å². The maximum absolute atomic E-state index is 12.3. The topological polar surface area (TPSA) is 17.1 Å². The van der Waals surface area contributed by atoms with Gasteiger partial charge in [0.1, 0.15) is 0 Å². The Hall–Kier alpha value is -0.590. The highest BCUT2D eigenvalue weighted by Crippen LogP contribution is 2.33. The van der Waals surface area contributed by atoms with Gasteiger partial charge in [0.25, 0.3) is 0 Å². The van der Waals surface area contributed by atoms with Gasteiger partial charge >= 0.3 is 0 Å². The van der Waals surface area contributed by atoms with Gasteiger partial charge in [-0.1, -0.05) is 25.8 Å².